The number of nitrogens with two attached hydrogens (primary N) is 2. The quantitative estimate of drug-likeness (QED) is 0.365. The van der Waals surface area contributed by atoms with Gasteiger partial charge in [0.25, 0.3) is 5.69 Å². The number of ether oxygens (including phenoxy) is 2. The summed E-state index contributed by atoms with van der Waals surface area (Å²) in [4.78, 5) is 10.0. The second-order valence-electron chi connectivity index (χ2n) is 4.25. The zero-order valence-electron chi connectivity index (χ0n) is 11.2. The Morgan fingerprint density at radius 3 is 2.29 bits per heavy atom. The highest BCUT2D eigenvalue weighted by Gasteiger charge is 2.04. The first-order valence-electron chi connectivity index (χ1n) is 6.21. The first-order valence-corrected chi connectivity index (χ1v) is 6.21. The predicted octanol–water partition coefficient (Wildman–Crippen LogP) is 2.22. The molecule has 7 heteroatoms. The van der Waals surface area contributed by atoms with Crippen molar-refractivity contribution in [1.82, 2.24) is 0 Å². The van der Waals surface area contributed by atoms with Gasteiger partial charge in [-0.3, -0.25) is 10.1 Å². The van der Waals surface area contributed by atoms with E-state index in [2.05, 4.69) is 0 Å². The molecule has 21 heavy (non-hydrogen) atoms. The fourth-order valence-electron chi connectivity index (χ4n) is 1.67. The zero-order valence-corrected chi connectivity index (χ0v) is 11.2. The lowest BCUT2D eigenvalue weighted by Gasteiger charge is -2.10. The van der Waals surface area contributed by atoms with Crippen molar-refractivity contribution >= 4 is 17.1 Å². The van der Waals surface area contributed by atoms with Crippen molar-refractivity contribution in [2.75, 3.05) is 24.7 Å². The number of anilines is 2. The molecule has 0 aliphatic carbocycles. The standard InChI is InChI=1S/C14H15N3O4/c15-10-1-6-14(13(16)9-10)21-8-7-20-12-4-2-11(3-5-12)17(18)19/h1-6,9H,7-8,15-16H2. The highest BCUT2D eigenvalue weighted by Crippen LogP contribution is 2.23. The molecule has 0 aliphatic heterocycles. The third-order valence-electron chi connectivity index (χ3n) is 2.69. The molecule has 0 spiro atoms. The third-order valence-corrected chi connectivity index (χ3v) is 2.69. The van der Waals surface area contributed by atoms with E-state index in [1.807, 2.05) is 0 Å². The minimum absolute atomic E-state index is 0.0215. The van der Waals surface area contributed by atoms with Crippen LogP contribution in [0.25, 0.3) is 0 Å². The van der Waals surface area contributed by atoms with Gasteiger partial charge in [0.15, 0.2) is 0 Å². The molecular formula is C14H15N3O4. The third kappa shape index (κ3) is 4.00. The topological polar surface area (TPSA) is 114 Å². The van der Waals surface area contributed by atoms with Crippen molar-refractivity contribution in [2.45, 2.75) is 0 Å². The minimum Gasteiger partial charge on any atom is -0.490 e. The van der Waals surface area contributed by atoms with Gasteiger partial charge in [0.2, 0.25) is 0 Å². The summed E-state index contributed by atoms with van der Waals surface area (Å²) in [5.74, 6) is 1.07. The lowest BCUT2D eigenvalue weighted by Crippen LogP contribution is -2.10. The summed E-state index contributed by atoms with van der Waals surface area (Å²) in [5.41, 5.74) is 12.4. The van der Waals surface area contributed by atoms with Crippen LogP contribution >= 0.6 is 0 Å². The van der Waals surface area contributed by atoms with Gasteiger partial charge in [0, 0.05) is 17.8 Å². The molecule has 2 aromatic rings. The van der Waals surface area contributed by atoms with Crippen LogP contribution in [-0.2, 0) is 0 Å². The maximum Gasteiger partial charge on any atom is 0.269 e. The summed E-state index contributed by atoms with van der Waals surface area (Å²) in [6, 6.07) is 10.8. The monoisotopic (exact) mass is 289 g/mol. The Hall–Kier alpha value is -2.96. The van der Waals surface area contributed by atoms with E-state index in [0.717, 1.165) is 0 Å². The molecule has 0 aromatic heterocycles. The number of nitrogens with zero attached hydrogens (tertiary/aromatic N) is 1. The van der Waals surface area contributed by atoms with E-state index in [0.29, 0.717) is 36.1 Å². The van der Waals surface area contributed by atoms with Gasteiger partial charge >= 0.3 is 0 Å². The highest BCUT2D eigenvalue weighted by molar-refractivity contribution is 5.60. The van der Waals surface area contributed by atoms with E-state index in [4.69, 9.17) is 20.9 Å². The molecule has 2 aromatic carbocycles. The van der Waals surface area contributed by atoms with E-state index in [9.17, 15) is 10.1 Å². The molecule has 0 saturated carbocycles. The second kappa shape index (κ2) is 6.47. The normalized spacial score (nSPS) is 10.1. The maximum absolute atomic E-state index is 10.5. The number of nitro groups is 1. The summed E-state index contributed by atoms with van der Waals surface area (Å²) in [6.07, 6.45) is 0. The Balaban J connectivity index is 1.80. The van der Waals surface area contributed by atoms with Gasteiger partial charge in [0.05, 0.1) is 10.6 Å². The van der Waals surface area contributed by atoms with Crippen LogP contribution in [0.2, 0.25) is 0 Å². The van der Waals surface area contributed by atoms with E-state index >= 15 is 0 Å². The van der Waals surface area contributed by atoms with Gasteiger partial charge in [-0.25, -0.2) is 0 Å². The van der Waals surface area contributed by atoms with Crippen LogP contribution in [0.15, 0.2) is 42.5 Å². The van der Waals surface area contributed by atoms with Crippen LogP contribution in [-0.4, -0.2) is 18.1 Å². The molecule has 0 heterocycles. The molecule has 4 N–H and O–H groups in total. The lowest BCUT2D eigenvalue weighted by atomic mass is 10.2. The molecule has 7 nitrogen and oxygen atoms in total. The number of benzene rings is 2. The fraction of sp³-hybridized carbons (Fsp3) is 0.143. The SMILES string of the molecule is Nc1ccc(OCCOc2ccc([N+](=O)[O-])cc2)c(N)c1. The van der Waals surface area contributed by atoms with Crippen LogP contribution in [0.5, 0.6) is 11.5 Å². The number of nitrogen functional groups attached to an aromatic ring is 2. The summed E-state index contributed by atoms with van der Waals surface area (Å²) in [6.45, 7) is 0.590. The maximum atomic E-state index is 10.5. The number of rotatable bonds is 6. The number of nitro benzene ring substituents is 1. The average Bonchev–Trinajstić information content (AvgIpc) is 2.46. The molecule has 110 valence electrons. The first kappa shape index (κ1) is 14.4. The van der Waals surface area contributed by atoms with Crippen LogP contribution in [0.1, 0.15) is 0 Å². The fourth-order valence-corrected chi connectivity index (χ4v) is 1.67. The number of non-ortho nitro benzene ring substituents is 1. The highest BCUT2D eigenvalue weighted by atomic mass is 16.6. The van der Waals surface area contributed by atoms with E-state index in [-0.39, 0.29) is 5.69 Å². The van der Waals surface area contributed by atoms with E-state index in [1.165, 1.54) is 24.3 Å². The molecule has 2 rings (SSSR count). The van der Waals surface area contributed by atoms with Gasteiger partial charge in [-0.2, -0.15) is 0 Å². The Kier molecular flexibility index (Phi) is 4.45. The van der Waals surface area contributed by atoms with E-state index < -0.39 is 4.92 Å². The second-order valence-corrected chi connectivity index (χ2v) is 4.25. The van der Waals surface area contributed by atoms with Crippen LogP contribution < -0.4 is 20.9 Å². The summed E-state index contributed by atoms with van der Waals surface area (Å²) < 4.78 is 10.9. The smallest absolute Gasteiger partial charge is 0.269 e. The Bertz CT molecular complexity index is 629. The summed E-state index contributed by atoms with van der Waals surface area (Å²) in [5, 5.41) is 10.5. The number of hydrogen-bond donors (Lipinski definition) is 2. The molecular weight excluding hydrogens is 274 g/mol. The van der Waals surface area contributed by atoms with Gasteiger partial charge in [-0.1, -0.05) is 0 Å². The van der Waals surface area contributed by atoms with E-state index in [1.54, 1.807) is 18.2 Å². The predicted molar refractivity (Wildman–Crippen MR) is 79.4 cm³/mol. The van der Waals surface area contributed by atoms with Crippen molar-refractivity contribution < 1.29 is 14.4 Å². The summed E-state index contributed by atoms with van der Waals surface area (Å²) in [7, 11) is 0. The van der Waals surface area contributed by atoms with Crippen molar-refractivity contribution in [2.24, 2.45) is 0 Å². The Morgan fingerprint density at radius 1 is 1.00 bits per heavy atom. The van der Waals surface area contributed by atoms with Crippen LogP contribution in [0, 0.1) is 10.1 Å². The van der Waals surface area contributed by atoms with Crippen molar-refractivity contribution in [3.63, 3.8) is 0 Å². The Labute approximate surface area is 121 Å². The van der Waals surface area contributed by atoms with Gasteiger partial charge in [0.1, 0.15) is 24.7 Å². The zero-order chi connectivity index (χ0) is 15.2. The van der Waals surface area contributed by atoms with Crippen LogP contribution in [0.3, 0.4) is 0 Å². The number of hydrogen-bond acceptors (Lipinski definition) is 6. The van der Waals surface area contributed by atoms with Crippen molar-refractivity contribution in [3.8, 4) is 11.5 Å². The molecule has 0 bridgehead atoms. The molecule has 0 radical (unpaired) electrons. The molecule has 0 atom stereocenters. The summed E-state index contributed by atoms with van der Waals surface area (Å²) >= 11 is 0. The van der Waals surface area contributed by atoms with Gasteiger partial charge in [-0.15, -0.1) is 0 Å². The average molecular weight is 289 g/mol. The largest absolute Gasteiger partial charge is 0.490 e. The molecule has 0 fully saturated rings. The molecule has 0 unspecified atom stereocenters. The minimum atomic E-state index is -0.462. The van der Waals surface area contributed by atoms with Crippen molar-refractivity contribution in [3.05, 3.63) is 52.6 Å². The molecule has 0 aliphatic rings. The lowest BCUT2D eigenvalue weighted by molar-refractivity contribution is -0.384. The van der Waals surface area contributed by atoms with Gasteiger partial charge in [-0.05, 0) is 30.3 Å². The molecule has 0 amide bonds. The van der Waals surface area contributed by atoms with Gasteiger partial charge < -0.3 is 20.9 Å². The van der Waals surface area contributed by atoms with Crippen LogP contribution in [0.4, 0.5) is 17.1 Å². The van der Waals surface area contributed by atoms with Crippen molar-refractivity contribution in [1.29, 1.82) is 0 Å². The molecule has 0 saturated heterocycles. The first-order chi connectivity index (χ1) is 10.1. The Morgan fingerprint density at radius 2 is 1.67 bits per heavy atom.